The summed E-state index contributed by atoms with van der Waals surface area (Å²) in [6.07, 6.45) is 4.62. The molecule has 1 fully saturated rings. The number of esters is 1. The Hall–Kier alpha value is -2.09. The van der Waals surface area contributed by atoms with E-state index in [-0.39, 0.29) is 17.4 Å². The molecule has 1 N–H and O–H groups in total. The maximum atomic E-state index is 12.9. The Morgan fingerprint density at radius 1 is 1.18 bits per heavy atom. The number of thioether (sulfide) groups is 1. The molecule has 154 valence electrons. The van der Waals surface area contributed by atoms with Gasteiger partial charge in [0.15, 0.2) is 6.10 Å². The molecule has 2 amide bonds. The number of carbonyl (C=O) groups is 3. The van der Waals surface area contributed by atoms with Gasteiger partial charge in [0.05, 0.1) is 11.5 Å². The Bertz CT molecular complexity index is 677. The lowest BCUT2D eigenvalue weighted by Crippen LogP contribution is -2.39. The quantitative estimate of drug-likeness (QED) is 0.666. The molecule has 0 bridgehead atoms. The Kier molecular flexibility index (Phi) is 8.76. The van der Waals surface area contributed by atoms with E-state index >= 15 is 0 Å². The van der Waals surface area contributed by atoms with Crippen LogP contribution in [0.5, 0.6) is 0 Å². The molecule has 1 aliphatic carbocycles. The molecule has 0 aromatic heterocycles. The first-order valence-corrected chi connectivity index (χ1v) is 10.6. The van der Waals surface area contributed by atoms with E-state index in [1.807, 2.05) is 7.05 Å². The average Bonchev–Trinajstić information content (AvgIpc) is 2.69. The summed E-state index contributed by atoms with van der Waals surface area (Å²) in [5, 5.41) is 2.55. The minimum Gasteiger partial charge on any atom is -0.452 e. The van der Waals surface area contributed by atoms with Crippen LogP contribution in [0.3, 0.4) is 0 Å². The van der Waals surface area contributed by atoms with Gasteiger partial charge in [-0.3, -0.25) is 14.4 Å². The molecule has 0 radical (unpaired) electrons. The van der Waals surface area contributed by atoms with Crippen LogP contribution >= 0.6 is 11.8 Å². The van der Waals surface area contributed by atoms with E-state index in [1.165, 1.54) is 49.4 Å². The molecular formula is C20H27FN2O4S. The molecular weight excluding hydrogens is 383 g/mol. The number of halogens is 1. The highest BCUT2D eigenvalue weighted by molar-refractivity contribution is 8.00. The normalized spacial score (nSPS) is 15.5. The van der Waals surface area contributed by atoms with Crippen molar-refractivity contribution in [1.82, 2.24) is 4.90 Å². The van der Waals surface area contributed by atoms with Gasteiger partial charge in [-0.1, -0.05) is 19.3 Å². The summed E-state index contributed by atoms with van der Waals surface area (Å²) >= 11 is 1.18. The van der Waals surface area contributed by atoms with Crippen molar-refractivity contribution in [3.8, 4) is 0 Å². The number of ether oxygens (including phenoxy) is 1. The van der Waals surface area contributed by atoms with Crippen molar-refractivity contribution < 1.29 is 23.5 Å². The molecule has 0 spiro atoms. The third-order valence-corrected chi connectivity index (χ3v) is 5.64. The summed E-state index contributed by atoms with van der Waals surface area (Å²) in [5.74, 6) is -1.25. The largest absolute Gasteiger partial charge is 0.452 e. The molecule has 1 aromatic rings. The van der Waals surface area contributed by atoms with E-state index in [4.69, 9.17) is 4.74 Å². The summed E-state index contributed by atoms with van der Waals surface area (Å²) < 4.78 is 18.0. The van der Waals surface area contributed by atoms with E-state index < -0.39 is 23.8 Å². The number of amides is 2. The van der Waals surface area contributed by atoms with Gasteiger partial charge in [-0.15, -0.1) is 11.8 Å². The van der Waals surface area contributed by atoms with Crippen LogP contribution in [0.1, 0.15) is 39.0 Å². The van der Waals surface area contributed by atoms with Gasteiger partial charge in [0, 0.05) is 18.8 Å². The van der Waals surface area contributed by atoms with Crippen LogP contribution < -0.4 is 5.32 Å². The van der Waals surface area contributed by atoms with E-state index in [0.29, 0.717) is 11.7 Å². The molecule has 1 aromatic carbocycles. The van der Waals surface area contributed by atoms with E-state index in [0.717, 1.165) is 25.7 Å². The lowest BCUT2D eigenvalue weighted by atomic mass is 9.94. The summed E-state index contributed by atoms with van der Waals surface area (Å²) in [6, 6.07) is 5.59. The predicted octanol–water partition coefficient (Wildman–Crippen LogP) is 3.22. The maximum absolute atomic E-state index is 12.9. The standard InChI is InChI=1S/C20H27FN2O4S/c1-14(20(26)22-16-10-8-15(21)9-11-16)27-19(25)13-28-12-18(24)23(2)17-6-4-3-5-7-17/h8-11,14,17H,3-7,12-13H2,1-2H3,(H,22,26)/t14-/m0/s1. The van der Waals surface area contributed by atoms with Crippen molar-refractivity contribution >= 4 is 35.2 Å². The van der Waals surface area contributed by atoms with E-state index in [2.05, 4.69) is 5.32 Å². The topological polar surface area (TPSA) is 75.7 Å². The number of nitrogens with zero attached hydrogens (tertiary/aromatic N) is 1. The molecule has 1 saturated carbocycles. The van der Waals surface area contributed by atoms with Gasteiger partial charge in [-0.05, 0) is 44.0 Å². The monoisotopic (exact) mass is 410 g/mol. The zero-order chi connectivity index (χ0) is 20.5. The number of hydrogen-bond acceptors (Lipinski definition) is 5. The summed E-state index contributed by atoms with van der Waals surface area (Å²) in [6.45, 7) is 1.46. The fraction of sp³-hybridized carbons (Fsp3) is 0.550. The Labute approximate surface area is 169 Å². The average molecular weight is 411 g/mol. The second-order valence-corrected chi connectivity index (χ2v) is 7.90. The Balaban J connectivity index is 1.67. The molecule has 1 aliphatic rings. The fourth-order valence-corrected chi connectivity index (χ4v) is 3.77. The molecule has 0 unspecified atom stereocenters. The third-order valence-electron chi connectivity index (χ3n) is 4.75. The van der Waals surface area contributed by atoms with Gasteiger partial charge < -0.3 is 15.0 Å². The molecule has 0 heterocycles. The minimum absolute atomic E-state index is 0.00157. The second-order valence-electron chi connectivity index (χ2n) is 6.92. The molecule has 0 saturated heterocycles. The zero-order valence-corrected chi connectivity index (χ0v) is 17.1. The third kappa shape index (κ3) is 7.14. The Morgan fingerprint density at radius 2 is 1.82 bits per heavy atom. The second kappa shape index (κ2) is 11.0. The number of anilines is 1. The van der Waals surface area contributed by atoms with Gasteiger partial charge in [-0.25, -0.2) is 4.39 Å². The van der Waals surface area contributed by atoms with Crippen molar-refractivity contribution in [3.05, 3.63) is 30.1 Å². The Morgan fingerprint density at radius 3 is 2.46 bits per heavy atom. The van der Waals surface area contributed by atoms with Gasteiger partial charge in [0.25, 0.3) is 5.91 Å². The summed E-state index contributed by atoms with van der Waals surface area (Å²) in [5.41, 5.74) is 0.417. The van der Waals surface area contributed by atoms with Crippen LogP contribution in [0.25, 0.3) is 0 Å². The smallest absolute Gasteiger partial charge is 0.316 e. The summed E-state index contributed by atoms with van der Waals surface area (Å²) in [7, 11) is 1.82. The number of rotatable bonds is 8. The van der Waals surface area contributed by atoms with Crippen LogP contribution in [0, 0.1) is 5.82 Å². The van der Waals surface area contributed by atoms with E-state index in [1.54, 1.807) is 4.90 Å². The molecule has 28 heavy (non-hydrogen) atoms. The zero-order valence-electron chi connectivity index (χ0n) is 16.3. The van der Waals surface area contributed by atoms with Crippen molar-refractivity contribution in [2.75, 3.05) is 23.9 Å². The number of nitrogens with one attached hydrogen (secondary N) is 1. The van der Waals surface area contributed by atoms with Crippen LogP contribution in [0.15, 0.2) is 24.3 Å². The van der Waals surface area contributed by atoms with Crippen molar-refractivity contribution in [2.45, 2.75) is 51.2 Å². The summed E-state index contributed by atoms with van der Waals surface area (Å²) in [4.78, 5) is 38.0. The lowest BCUT2D eigenvalue weighted by Gasteiger charge is -2.31. The van der Waals surface area contributed by atoms with Crippen LogP contribution in [-0.4, -0.2) is 53.4 Å². The highest BCUT2D eigenvalue weighted by Crippen LogP contribution is 2.22. The van der Waals surface area contributed by atoms with Crippen molar-refractivity contribution in [1.29, 1.82) is 0 Å². The first-order valence-electron chi connectivity index (χ1n) is 9.46. The number of benzene rings is 1. The first-order chi connectivity index (χ1) is 13.4. The molecule has 0 aliphatic heterocycles. The fourth-order valence-electron chi connectivity index (χ4n) is 3.06. The molecule has 6 nitrogen and oxygen atoms in total. The van der Waals surface area contributed by atoms with Crippen molar-refractivity contribution in [2.24, 2.45) is 0 Å². The minimum atomic E-state index is -0.987. The van der Waals surface area contributed by atoms with Crippen molar-refractivity contribution in [3.63, 3.8) is 0 Å². The maximum Gasteiger partial charge on any atom is 0.316 e. The number of carbonyl (C=O) groups excluding carboxylic acids is 3. The first kappa shape index (κ1) is 22.2. The van der Waals surface area contributed by atoms with Crippen LogP contribution in [-0.2, 0) is 19.1 Å². The molecule has 1 atom stereocenters. The highest BCUT2D eigenvalue weighted by atomic mass is 32.2. The van der Waals surface area contributed by atoms with Crippen LogP contribution in [0.4, 0.5) is 10.1 Å². The lowest BCUT2D eigenvalue weighted by molar-refractivity contribution is -0.150. The molecule has 2 rings (SSSR count). The highest BCUT2D eigenvalue weighted by Gasteiger charge is 2.23. The molecule has 8 heteroatoms. The predicted molar refractivity (Wildman–Crippen MR) is 108 cm³/mol. The van der Waals surface area contributed by atoms with Gasteiger partial charge in [0.2, 0.25) is 5.91 Å². The van der Waals surface area contributed by atoms with E-state index in [9.17, 15) is 18.8 Å². The SMILES string of the molecule is C[C@H](OC(=O)CSCC(=O)N(C)C1CCCCC1)C(=O)Nc1ccc(F)cc1. The van der Waals surface area contributed by atoms with Gasteiger partial charge in [0.1, 0.15) is 5.82 Å². The van der Waals surface area contributed by atoms with Gasteiger partial charge in [-0.2, -0.15) is 0 Å². The van der Waals surface area contributed by atoms with Crippen LogP contribution in [0.2, 0.25) is 0 Å². The number of hydrogen-bond donors (Lipinski definition) is 1. The van der Waals surface area contributed by atoms with Gasteiger partial charge >= 0.3 is 5.97 Å².